The van der Waals surface area contributed by atoms with Crippen LogP contribution in [0.5, 0.6) is 0 Å². The summed E-state index contributed by atoms with van der Waals surface area (Å²) >= 11 is 5.67. The molecule has 0 aliphatic heterocycles. The first-order valence-corrected chi connectivity index (χ1v) is 9.15. The predicted molar refractivity (Wildman–Crippen MR) is 73.3 cm³/mol. The number of carbonyl (C=O) groups is 1. The second-order valence-corrected chi connectivity index (χ2v) is 8.41. The number of nitrogens with one attached hydrogen (secondary N) is 1. The average Bonchev–Trinajstić information content (AvgIpc) is 2.26. The second-order valence-electron chi connectivity index (χ2n) is 3.97. The number of sulfonamides is 1. The van der Waals surface area contributed by atoms with Gasteiger partial charge in [0.2, 0.25) is 10.0 Å². The molecule has 0 fully saturated rings. The maximum absolute atomic E-state index is 11.8. The van der Waals surface area contributed by atoms with Gasteiger partial charge in [-0.3, -0.25) is 0 Å². The van der Waals surface area contributed by atoms with Crippen molar-refractivity contribution in [1.29, 1.82) is 0 Å². The van der Waals surface area contributed by atoms with Gasteiger partial charge >= 0.3 is 5.97 Å². The predicted octanol–water partition coefficient (Wildman–Crippen LogP) is 0.361. The van der Waals surface area contributed by atoms with E-state index in [0.717, 1.165) is 24.5 Å². The lowest BCUT2D eigenvalue weighted by Gasteiger charge is -2.07. The molecule has 20 heavy (non-hydrogen) atoms. The van der Waals surface area contributed by atoms with Crippen molar-refractivity contribution in [3.63, 3.8) is 0 Å². The number of carboxylic acid groups (broad SMARTS) is 1. The number of benzene rings is 1. The molecule has 0 unspecified atom stereocenters. The largest absolute Gasteiger partial charge is 0.478 e. The van der Waals surface area contributed by atoms with Gasteiger partial charge in [0.15, 0.2) is 0 Å². The highest BCUT2D eigenvalue weighted by Crippen LogP contribution is 2.20. The number of hydrogen-bond donors (Lipinski definition) is 2. The van der Waals surface area contributed by atoms with Crippen molar-refractivity contribution in [1.82, 2.24) is 4.72 Å². The van der Waals surface area contributed by atoms with Crippen LogP contribution in [0.1, 0.15) is 10.4 Å². The number of sulfone groups is 1. The van der Waals surface area contributed by atoms with E-state index >= 15 is 0 Å². The molecule has 0 spiro atoms. The molecule has 10 heteroatoms. The molecule has 2 N–H and O–H groups in total. The Morgan fingerprint density at radius 1 is 1.30 bits per heavy atom. The summed E-state index contributed by atoms with van der Waals surface area (Å²) in [4.78, 5) is 10.5. The van der Waals surface area contributed by atoms with E-state index in [-0.39, 0.29) is 27.8 Å². The zero-order valence-electron chi connectivity index (χ0n) is 10.3. The van der Waals surface area contributed by atoms with Gasteiger partial charge in [-0.1, -0.05) is 11.6 Å². The molecule has 0 amide bonds. The molecule has 112 valence electrons. The topological polar surface area (TPSA) is 118 Å². The summed E-state index contributed by atoms with van der Waals surface area (Å²) in [6, 6.07) is 3.14. The van der Waals surface area contributed by atoms with Crippen molar-refractivity contribution in [3.05, 3.63) is 28.8 Å². The summed E-state index contributed by atoms with van der Waals surface area (Å²) in [5, 5.41) is 8.56. The van der Waals surface area contributed by atoms with Crippen molar-refractivity contribution in [2.75, 3.05) is 18.6 Å². The zero-order chi connectivity index (χ0) is 15.6. The Morgan fingerprint density at radius 3 is 2.35 bits per heavy atom. The summed E-state index contributed by atoms with van der Waals surface area (Å²) in [5.41, 5.74) is -0.221. The van der Waals surface area contributed by atoms with Crippen LogP contribution in [0.3, 0.4) is 0 Å². The molecule has 0 radical (unpaired) electrons. The SMILES string of the molecule is CS(=O)(=O)CCNS(=O)(=O)c1ccc(C(=O)O)c(Cl)c1. The number of rotatable bonds is 6. The maximum atomic E-state index is 11.8. The van der Waals surface area contributed by atoms with Gasteiger partial charge in [-0.25, -0.2) is 26.4 Å². The molecule has 0 saturated carbocycles. The zero-order valence-corrected chi connectivity index (χ0v) is 12.7. The molecule has 1 aromatic rings. The highest BCUT2D eigenvalue weighted by Gasteiger charge is 2.18. The van der Waals surface area contributed by atoms with Crippen molar-refractivity contribution in [2.45, 2.75) is 4.90 Å². The lowest BCUT2D eigenvalue weighted by Crippen LogP contribution is -2.29. The van der Waals surface area contributed by atoms with Crippen molar-refractivity contribution in [2.24, 2.45) is 0 Å². The summed E-state index contributed by atoms with van der Waals surface area (Å²) in [6.07, 6.45) is 0.986. The molecule has 0 saturated heterocycles. The number of halogens is 1. The summed E-state index contributed by atoms with van der Waals surface area (Å²) in [5.74, 6) is -1.61. The fraction of sp³-hybridized carbons (Fsp3) is 0.300. The molecule has 0 aliphatic rings. The Balaban J connectivity index is 2.94. The molecule has 1 aromatic carbocycles. The third-order valence-corrected chi connectivity index (χ3v) is 4.96. The molecular formula is C10H12ClNO6S2. The van der Waals surface area contributed by atoms with Gasteiger partial charge in [0.1, 0.15) is 9.84 Å². The van der Waals surface area contributed by atoms with E-state index in [4.69, 9.17) is 16.7 Å². The normalized spacial score (nSPS) is 12.3. The molecule has 1 rings (SSSR count). The van der Waals surface area contributed by atoms with Gasteiger partial charge < -0.3 is 5.11 Å². The van der Waals surface area contributed by atoms with Gasteiger partial charge in [-0.2, -0.15) is 0 Å². The van der Waals surface area contributed by atoms with E-state index in [0.29, 0.717) is 0 Å². The highest BCUT2D eigenvalue weighted by atomic mass is 35.5. The van der Waals surface area contributed by atoms with E-state index in [1.165, 1.54) is 0 Å². The second kappa shape index (κ2) is 6.08. The highest BCUT2D eigenvalue weighted by molar-refractivity contribution is 7.91. The third-order valence-electron chi connectivity index (χ3n) is 2.25. The van der Waals surface area contributed by atoms with Gasteiger partial charge in [0, 0.05) is 12.8 Å². The van der Waals surface area contributed by atoms with Crippen LogP contribution >= 0.6 is 11.6 Å². The van der Waals surface area contributed by atoms with Crippen LogP contribution in [-0.2, 0) is 19.9 Å². The van der Waals surface area contributed by atoms with Gasteiger partial charge in [-0.05, 0) is 18.2 Å². The van der Waals surface area contributed by atoms with Crippen LogP contribution in [-0.4, -0.2) is 46.5 Å². The molecule has 7 nitrogen and oxygen atoms in total. The number of hydrogen-bond acceptors (Lipinski definition) is 5. The lowest BCUT2D eigenvalue weighted by molar-refractivity contribution is 0.0697. The van der Waals surface area contributed by atoms with Crippen molar-refractivity contribution < 1.29 is 26.7 Å². The maximum Gasteiger partial charge on any atom is 0.337 e. The Kier molecular flexibility index (Phi) is 5.14. The minimum atomic E-state index is -3.94. The number of carboxylic acids is 1. The number of aromatic carboxylic acids is 1. The monoisotopic (exact) mass is 341 g/mol. The van der Waals surface area contributed by atoms with E-state index in [9.17, 15) is 21.6 Å². The van der Waals surface area contributed by atoms with Gasteiger partial charge in [0.25, 0.3) is 0 Å². The fourth-order valence-corrected chi connectivity index (χ4v) is 3.27. The van der Waals surface area contributed by atoms with Crippen molar-refractivity contribution in [3.8, 4) is 0 Å². The summed E-state index contributed by atoms with van der Waals surface area (Å²) < 4.78 is 47.6. The molecule has 0 aromatic heterocycles. The quantitative estimate of drug-likeness (QED) is 0.771. The first kappa shape index (κ1) is 16.9. The minimum Gasteiger partial charge on any atom is -0.478 e. The Hall–Kier alpha value is -1.16. The third kappa shape index (κ3) is 4.75. The smallest absolute Gasteiger partial charge is 0.337 e. The van der Waals surface area contributed by atoms with Crippen LogP contribution in [0.2, 0.25) is 5.02 Å². The van der Waals surface area contributed by atoms with Crippen LogP contribution in [0.4, 0.5) is 0 Å². The first-order chi connectivity index (χ1) is 9.03. The van der Waals surface area contributed by atoms with Crippen LogP contribution < -0.4 is 4.72 Å². The lowest BCUT2D eigenvalue weighted by atomic mass is 10.2. The Labute approximate surface area is 121 Å². The molecular weight excluding hydrogens is 330 g/mol. The van der Waals surface area contributed by atoms with E-state index in [1.807, 2.05) is 0 Å². The summed E-state index contributed by atoms with van der Waals surface area (Å²) in [6.45, 7) is -0.278. The van der Waals surface area contributed by atoms with Crippen molar-refractivity contribution >= 4 is 37.4 Å². The first-order valence-electron chi connectivity index (χ1n) is 5.23. The molecule has 0 bridgehead atoms. The van der Waals surface area contributed by atoms with Gasteiger partial charge in [0.05, 0.1) is 21.2 Å². The standard InChI is InChI=1S/C10H12ClNO6S2/c1-19(15,16)5-4-12-20(17,18)7-2-3-8(10(13)14)9(11)6-7/h2-3,6,12H,4-5H2,1H3,(H,13,14). The Bertz CT molecular complexity index is 726. The van der Waals surface area contributed by atoms with E-state index in [2.05, 4.69) is 4.72 Å². The van der Waals surface area contributed by atoms with Gasteiger partial charge in [-0.15, -0.1) is 0 Å². The average molecular weight is 342 g/mol. The van der Waals surface area contributed by atoms with Crippen LogP contribution in [0.15, 0.2) is 23.1 Å². The Morgan fingerprint density at radius 2 is 1.90 bits per heavy atom. The van der Waals surface area contributed by atoms with Crippen LogP contribution in [0.25, 0.3) is 0 Å². The van der Waals surface area contributed by atoms with E-state index < -0.39 is 25.8 Å². The van der Waals surface area contributed by atoms with E-state index in [1.54, 1.807) is 0 Å². The summed E-state index contributed by atoms with van der Waals surface area (Å²) in [7, 11) is -7.23. The molecule has 0 heterocycles. The van der Waals surface area contributed by atoms with Crippen LogP contribution in [0, 0.1) is 0 Å². The molecule has 0 aliphatic carbocycles. The molecule has 0 atom stereocenters. The minimum absolute atomic E-state index is 0.219. The fourth-order valence-electron chi connectivity index (χ4n) is 1.28.